The van der Waals surface area contributed by atoms with Gasteiger partial charge in [-0.3, -0.25) is 4.79 Å². The Balaban J connectivity index is 2.28. The van der Waals surface area contributed by atoms with Crippen molar-refractivity contribution >= 4 is 6.41 Å². The van der Waals surface area contributed by atoms with Crippen LogP contribution in [0.5, 0.6) is 0 Å². The lowest BCUT2D eigenvalue weighted by molar-refractivity contribution is -0.110. The van der Waals surface area contributed by atoms with Gasteiger partial charge < -0.3 is 5.32 Å². The van der Waals surface area contributed by atoms with Crippen molar-refractivity contribution in [2.45, 2.75) is 63.8 Å². The molecule has 2 heteroatoms. The molecule has 1 fully saturated rings. The van der Waals surface area contributed by atoms with Crippen molar-refractivity contribution in [3.8, 4) is 0 Å². The number of carbonyl (C=O) groups is 1. The Morgan fingerprint density at radius 1 is 1.47 bits per heavy atom. The maximum Gasteiger partial charge on any atom is 0.207 e. The van der Waals surface area contributed by atoms with Crippen molar-refractivity contribution in [2.24, 2.45) is 0 Å². The molecule has 1 saturated carbocycles. The molecule has 1 aromatic carbocycles. The lowest BCUT2D eigenvalue weighted by Gasteiger charge is -2.41. The molecule has 1 aliphatic carbocycles. The van der Waals surface area contributed by atoms with Gasteiger partial charge >= 0.3 is 0 Å². The highest BCUT2D eigenvalue weighted by molar-refractivity contribution is 5.47. The van der Waals surface area contributed by atoms with Crippen LogP contribution in [-0.2, 0) is 10.2 Å². The van der Waals surface area contributed by atoms with Crippen LogP contribution in [-0.4, -0.2) is 12.5 Å². The van der Waals surface area contributed by atoms with Crippen molar-refractivity contribution in [1.82, 2.24) is 5.32 Å². The summed E-state index contributed by atoms with van der Waals surface area (Å²) in [7, 11) is 0. The molecule has 0 saturated heterocycles. The highest BCUT2D eigenvalue weighted by Crippen LogP contribution is 2.43. The molecular formula is C17H25NO. The number of hydrogen-bond acceptors (Lipinski definition) is 1. The summed E-state index contributed by atoms with van der Waals surface area (Å²) in [5.41, 5.74) is 3.06. The molecular weight excluding hydrogens is 234 g/mol. The average Bonchev–Trinajstić information content (AvgIpc) is 2.40. The number of hydrogen-bond donors (Lipinski definition) is 1. The summed E-state index contributed by atoms with van der Waals surface area (Å²) in [5.74, 6) is 0. The van der Waals surface area contributed by atoms with E-state index in [1.165, 1.54) is 36.8 Å². The maximum atomic E-state index is 10.7. The summed E-state index contributed by atoms with van der Waals surface area (Å²) in [6, 6.07) is 9.27. The molecule has 0 aromatic heterocycles. The van der Waals surface area contributed by atoms with Gasteiger partial charge in [-0.05, 0) is 43.6 Å². The van der Waals surface area contributed by atoms with Crippen LogP contribution in [0.25, 0.3) is 0 Å². The lowest BCUT2D eigenvalue weighted by atomic mass is 9.65. The summed E-state index contributed by atoms with van der Waals surface area (Å²) < 4.78 is 0. The lowest BCUT2D eigenvalue weighted by Crippen LogP contribution is -2.41. The van der Waals surface area contributed by atoms with Crippen LogP contribution in [0.1, 0.15) is 56.6 Å². The van der Waals surface area contributed by atoms with Crippen LogP contribution < -0.4 is 5.32 Å². The van der Waals surface area contributed by atoms with Gasteiger partial charge in [0, 0.05) is 6.04 Å². The summed E-state index contributed by atoms with van der Waals surface area (Å²) in [6.07, 6.45) is 7.94. The van der Waals surface area contributed by atoms with Gasteiger partial charge in [0.15, 0.2) is 0 Å². The van der Waals surface area contributed by atoms with Crippen LogP contribution in [0.15, 0.2) is 24.3 Å². The van der Waals surface area contributed by atoms with Gasteiger partial charge in [0.25, 0.3) is 0 Å². The first-order chi connectivity index (χ1) is 9.20. The van der Waals surface area contributed by atoms with E-state index in [4.69, 9.17) is 0 Å². The number of benzene rings is 1. The summed E-state index contributed by atoms with van der Waals surface area (Å²) in [6.45, 7) is 4.42. The van der Waals surface area contributed by atoms with Crippen LogP contribution in [0.3, 0.4) is 0 Å². The molecule has 0 bridgehead atoms. The zero-order valence-corrected chi connectivity index (χ0v) is 12.1. The Bertz CT molecular complexity index is 425. The predicted molar refractivity (Wildman–Crippen MR) is 79.2 cm³/mol. The van der Waals surface area contributed by atoms with Crippen molar-refractivity contribution in [1.29, 1.82) is 0 Å². The van der Waals surface area contributed by atoms with Crippen LogP contribution >= 0.6 is 0 Å². The fraction of sp³-hybridized carbons (Fsp3) is 0.588. The normalized spacial score (nSPS) is 26.9. The SMILES string of the molecule is CCCC1(c2cccc(C)c2)CCCC(NC=O)C1. The third kappa shape index (κ3) is 3.17. The van der Waals surface area contributed by atoms with Gasteiger partial charge in [-0.2, -0.15) is 0 Å². The topological polar surface area (TPSA) is 29.1 Å². The zero-order valence-electron chi connectivity index (χ0n) is 12.1. The van der Waals surface area contributed by atoms with E-state index in [1.807, 2.05) is 0 Å². The molecule has 0 radical (unpaired) electrons. The fourth-order valence-electron chi connectivity index (χ4n) is 3.69. The second-order valence-electron chi connectivity index (χ2n) is 5.98. The summed E-state index contributed by atoms with van der Waals surface area (Å²) in [4.78, 5) is 10.7. The molecule has 0 heterocycles. The van der Waals surface area contributed by atoms with E-state index in [0.717, 1.165) is 19.3 Å². The molecule has 2 unspecified atom stereocenters. The molecule has 0 aliphatic heterocycles. The van der Waals surface area contributed by atoms with Crippen molar-refractivity contribution in [3.63, 3.8) is 0 Å². The van der Waals surface area contributed by atoms with Crippen molar-refractivity contribution < 1.29 is 4.79 Å². The molecule has 1 N–H and O–H groups in total. The predicted octanol–water partition coefficient (Wildman–Crippen LogP) is 3.72. The van der Waals surface area contributed by atoms with Gasteiger partial charge in [0.05, 0.1) is 0 Å². The van der Waals surface area contributed by atoms with E-state index < -0.39 is 0 Å². The highest BCUT2D eigenvalue weighted by atomic mass is 16.1. The quantitative estimate of drug-likeness (QED) is 0.802. The van der Waals surface area contributed by atoms with Crippen molar-refractivity contribution in [2.75, 3.05) is 0 Å². The molecule has 104 valence electrons. The Hall–Kier alpha value is -1.31. The van der Waals surface area contributed by atoms with E-state index in [-0.39, 0.29) is 5.41 Å². The molecule has 2 atom stereocenters. The molecule has 19 heavy (non-hydrogen) atoms. The molecule has 1 aliphatic rings. The van der Waals surface area contributed by atoms with Gasteiger partial charge in [0.2, 0.25) is 6.41 Å². The molecule has 2 rings (SSSR count). The minimum Gasteiger partial charge on any atom is -0.356 e. The highest BCUT2D eigenvalue weighted by Gasteiger charge is 2.36. The number of carbonyl (C=O) groups excluding carboxylic acids is 1. The molecule has 2 nitrogen and oxygen atoms in total. The Morgan fingerprint density at radius 3 is 3.00 bits per heavy atom. The van der Waals surface area contributed by atoms with Gasteiger partial charge in [0.1, 0.15) is 0 Å². The Labute approximate surface area is 116 Å². The van der Waals surface area contributed by atoms with E-state index >= 15 is 0 Å². The third-order valence-corrected chi connectivity index (χ3v) is 4.51. The zero-order chi connectivity index (χ0) is 13.7. The Kier molecular flexibility index (Phi) is 4.62. The number of aryl methyl sites for hydroxylation is 1. The average molecular weight is 259 g/mol. The summed E-state index contributed by atoms with van der Waals surface area (Å²) in [5, 5.41) is 3.00. The van der Waals surface area contributed by atoms with E-state index in [1.54, 1.807) is 0 Å². The summed E-state index contributed by atoms with van der Waals surface area (Å²) >= 11 is 0. The van der Waals surface area contributed by atoms with E-state index in [0.29, 0.717) is 6.04 Å². The molecule has 1 aromatic rings. The standard InChI is InChI=1S/C17H25NO/c1-3-9-17(15-7-4-6-14(2)11-15)10-5-8-16(12-17)18-13-19/h4,6-7,11,13,16H,3,5,8-10,12H2,1-2H3,(H,18,19). The van der Waals surface area contributed by atoms with Gasteiger partial charge in [-0.15, -0.1) is 0 Å². The third-order valence-electron chi connectivity index (χ3n) is 4.51. The number of amides is 1. The number of nitrogens with one attached hydrogen (secondary N) is 1. The van der Waals surface area contributed by atoms with E-state index in [9.17, 15) is 4.79 Å². The van der Waals surface area contributed by atoms with Crippen LogP contribution in [0.4, 0.5) is 0 Å². The smallest absolute Gasteiger partial charge is 0.207 e. The minimum absolute atomic E-state index is 0.264. The van der Waals surface area contributed by atoms with Crippen LogP contribution in [0.2, 0.25) is 0 Å². The van der Waals surface area contributed by atoms with Crippen molar-refractivity contribution in [3.05, 3.63) is 35.4 Å². The second kappa shape index (κ2) is 6.23. The monoisotopic (exact) mass is 259 g/mol. The number of rotatable bonds is 5. The van der Waals surface area contributed by atoms with Gasteiger partial charge in [-0.25, -0.2) is 0 Å². The molecule has 0 spiro atoms. The first kappa shape index (κ1) is 14.1. The fourth-order valence-corrected chi connectivity index (χ4v) is 3.69. The maximum absolute atomic E-state index is 10.7. The van der Waals surface area contributed by atoms with Crippen LogP contribution in [0, 0.1) is 6.92 Å². The second-order valence-corrected chi connectivity index (χ2v) is 5.98. The van der Waals surface area contributed by atoms with E-state index in [2.05, 4.69) is 43.4 Å². The first-order valence-electron chi connectivity index (χ1n) is 7.47. The van der Waals surface area contributed by atoms with Gasteiger partial charge in [-0.1, -0.05) is 49.6 Å². The Morgan fingerprint density at radius 2 is 2.32 bits per heavy atom. The minimum atomic E-state index is 0.264. The largest absolute Gasteiger partial charge is 0.356 e. The molecule has 1 amide bonds. The first-order valence-corrected chi connectivity index (χ1v) is 7.47.